The SMILES string of the molecule is CC1(C)C(C#N)=C(SCc2cccc([N+](=O)[O-])c2)NC(=O)[C@@H]1C#N. The zero-order valence-electron chi connectivity index (χ0n) is 13.1. The second-order valence-electron chi connectivity index (χ2n) is 5.80. The first-order chi connectivity index (χ1) is 11.3. The van der Waals surface area contributed by atoms with Crippen molar-refractivity contribution in [1.82, 2.24) is 5.32 Å². The van der Waals surface area contributed by atoms with E-state index in [9.17, 15) is 25.4 Å². The summed E-state index contributed by atoms with van der Waals surface area (Å²) in [6, 6.07) is 10.2. The molecule has 1 heterocycles. The van der Waals surface area contributed by atoms with Crippen LogP contribution in [0.2, 0.25) is 0 Å². The molecule has 1 aromatic rings. The van der Waals surface area contributed by atoms with Crippen molar-refractivity contribution in [2.45, 2.75) is 19.6 Å². The fraction of sp³-hybridized carbons (Fsp3) is 0.312. The van der Waals surface area contributed by atoms with Crippen LogP contribution in [0.25, 0.3) is 0 Å². The standard InChI is InChI=1S/C16H14N4O3S/c1-16(2)12(7-17)14(21)19-15(13(16)8-18)24-9-10-4-3-5-11(6-10)20(22)23/h3-6,12H,9H2,1-2H3,(H,19,21)/t12-/m0/s1. The summed E-state index contributed by atoms with van der Waals surface area (Å²) in [7, 11) is 0. The maximum atomic E-state index is 12.1. The van der Waals surface area contributed by atoms with Crippen LogP contribution >= 0.6 is 11.8 Å². The van der Waals surface area contributed by atoms with Gasteiger partial charge in [-0.1, -0.05) is 26.0 Å². The molecule has 0 saturated carbocycles. The fourth-order valence-electron chi connectivity index (χ4n) is 2.45. The molecule has 1 atom stereocenters. The van der Waals surface area contributed by atoms with Crippen LogP contribution in [0.3, 0.4) is 0 Å². The number of thioether (sulfide) groups is 1. The van der Waals surface area contributed by atoms with Crippen molar-refractivity contribution < 1.29 is 9.72 Å². The molecule has 1 amide bonds. The minimum atomic E-state index is -0.936. The van der Waals surface area contributed by atoms with E-state index in [1.165, 1.54) is 23.9 Å². The number of amides is 1. The van der Waals surface area contributed by atoms with E-state index in [4.69, 9.17) is 0 Å². The van der Waals surface area contributed by atoms with Gasteiger partial charge in [0, 0.05) is 23.3 Å². The number of nitro groups is 1. The molecule has 24 heavy (non-hydrogen) atoms. The third-order valence-corrected chi connectivity index (χ3v) is 4.91. The summed E-state index contributed by atoms with van der Waals surface area (Å²) < 4.78 is 0. The highest BCUT2D eigenvalue weighted by Crippen LogP contribution is 2.42. The van der Waals surface area contributed by atoms with E-state index < -0.39 is 22.2 Å². The highest BCUT2D eigenvalue weighted by molar-refractivity contribution is 8.02. The quantitative estimate of drug-likeness (QED) is 0.663. The molecule has 1 aliphatic heterocycles. The van der Waals surface area contributed by atoms with Gasteiger partial charge in [-0.15, -0.1) is 11.8 Å². The Hall–Kier alpha value is -2.84. The molecule has 1 N–H and O–H groups in total. The first-order valence-electron chi connectivity index (χ1n) is 7.02. The summed E-state index contributed by atoms with van der Waals surface area (Å²) in [5, 5.41) is 32.4. The maximum Gasteiger partial charge on any atom is 0.269 e. The van der Waals surface area contributed by atoms with Gasteiger partial charge in [0.15, 0.2) is 0 Å². The molecule has 0 radical (unpaired) electrons. The van der Waals surface area contributed by atoms with Gasteiger partial charge < -0.3 is 5.32 Å². The summed E-state index contributed by atoms with van der Waals surface area (Å²) in [6.07, 6.45) is 0. The smallest absolute Gasteiger partial charge is 0.269 e. The number of carbonyl (C=O) groups is 1. The van der Waals surface area contributed by atoms with Crippen molar-refractivity contribution >= 4 is 23.4 Å². The number of hydrogen-bond donors (Lipinski definition) is 1. The normalized spacial score (nSPS) is 19.2. The van der Waals surface area contributed by atoms with Crippen molar-refractivity contribution in [2.24, 2.45) is 11.3 Å². The van der Waals surface area contributed by atoms with Gasteiger partial charge in [0.05, 0.1) is 27.7 Å². The molecule has 0 bridgehead atoms. The van der Waals surface area contributed by atoms with Crippen LogP contribution in [0.5, 0.6) is 0 Å². The van der Waals surface area contributed by atoms with Crippen LogP contribution in [-0.4, -0.2) is 10.8 Å². The van der Waals surface area contributed by atoms with Gasteiger partial charge >= 0.3 is 0 Å². The van der Waals surface area contributed by atoms with Crippen molar-refractivity contribution in [3.05, 3.63) is 50.5 Å². The number of hydrogen-bond acceptors (Lipinski definition) is 6. The summed E-state index contributed by atoms with van der Waals surface area (Å²) in [4.78, 5) is 22.4. The van der Waals surface area contributed by atoms with Crippen molar-refractivity contribution in [2.75, 3.05) is 0 Å². The van der Waals surface area contributed by atoms with Gasteiger partial charge in [-0.05, 0) is 5.56 Å². The molecule has 122 valence electrons. The Balaban J connectivity index is 2.28. The first-order valence-corrected chi connectivity index (χ1v) is 8.01. The minimum Gasteiger partial charge on any atom is -0.319 e. The molecule has 7 nitrogen and oxygen atoms in total. The van der Waals surface area contributed by atoms with Gasteiger partial charge in [0.1, 0.15) is 5.92 Å². The molecule has 0 aliphatic carbocycles. The van der Waals surface area contributed by atoms with E-state index in [2.05, 4.69) is 11.4 Å². The average molecular weight is 342 g/mol. The van der Waals surface area contributed by atoms with Crippen LogP contribution in [0.4, 0.5) is 5.69 Å². The first kappa shape index (κ1) is 17.5. The van der Waals surface area contributed by atoms with E-state index in [1.54, 1.807) is 26.0 Å². The van der Waals surface area contributed by atoms with E-state index in [0.717, 1.165) is 0 Å². The molecule has 1 aromatic carbocycles. The minimum absolute atomic E-state index is 0.0138. The number of nitrogens with zero attached hydrogens (tertiary/aromatic N) is 3. The molecule has 0 aromatic heterocycles. The molecule has 8 heteroatoms. The van der Waals surface area contributed by atoms with Crippen molar-refractivity contribution in [3.63, 3.8) is 0 Å². The second kappa shape index (κ2) is 6.73. The zero-order valence-corrected chi connectivity index (χ0v) is 13.9. The highest BCUT2D eigenvalue weighted by atomic mass is 32.2. The Morgan fingerprint density at radius 3 is 2.71 bits per heavy atom. The number of carbonyl (C=O) groups excluding carboxylic acids is 1. The lowest BCUT2D eigenvalue weighted by Gasteiger charge is -2.34. The number of non-ortho nitro benzene ring substituents is 1. The molecule has 1 aliphatic rings. The molecule has 0 unspecified atom stereocenters. The Bertz CT molecular complexity index is 817. The third-order valence-electron chi connectivity index (χ3n) is 3.84. The predicted molar refractivity (Wildman–Crippen MR) is 88.1 cm³/mol. The van der Waals surface area contributed by atoms with Gasteiger partial charge in [-0.3, -0.25) is 14.9 Å². The lowest BCUT2D eigenvalue weighted by molar-refractivity contribution is -0.384. The van der Waals surface area contributed by atoms with Crippen LogP contribution in [0, 0.1) is 44.1 Å². The summed E-state index contributed by atoms with van der Waals surface area (Å²) >= 11 is 1.22. The van der Waals surface area contributed by atoms with Crippen LogP contribution < -0.4 is 5.32 Å². The van der Waals surface area contributed by atoms with Gasteiger partial charge in [0.2, 0.25) is 5.91 Å². The Morgan fingerprint density at radius 2 is 2.12 bits per heavy atom. The van der Waals surface area contributed by atoms with Crippen LogP contribution in [0.15, 0.2) is 34.9 Å². The van der Waals surface area contributed by atoms with Crippen molar-refractivity contribution in [1.29, 1.82) is 10.5 Å². The molecular formula is C16H14N4O3S. The molecule has 0 saturated heterocycles. The Morgan fingerprint density at radius 1 is 1.42 bits per heavy atom. The maximum absolute atomic E-state index is 12.1. The number of nitriles is 2. The third kappa shape index (κ3) is 3.24. The lowest BCUT2D eigenvalue weighted by atomic mass is 9.72. The zero-order chi connectivity index (χ0) is 17.9. The van der Waals surface area contributed by atoms with Crippen molar-refractivity contribution in [3.8, 4) is 12.1 Å². The number of rotatable bonds is 4. The summed E-state index contributed by atoms with van der Waals surface area (Å²) in [6.45, 7) is 3.37. The number of nitro benzene ring substituents is 1. The van der Waals surface area contributed by atoms with Gasteiger partial charge in [-0.2, -0.15) is 10.5 Å². The van der Waals surface area contributed by atoms with Gasteiger partial charge in [0.25, 0.3) is 5.69 Å². The fourth-order valence-corrected chi connectivity index (χ4v) is 3.57. The molecule has 0 fully saturated rings. The van der Waals surface area contributed by atoms with E-state index in [0.29, 0.717) is 21.9 Å². The molecule has 2 rings (SSSR count). The van der Waals surface area contributed by atoms with Crippen LogP contribution in [0.1, 0.15) is 19.4 Å². The summed E-state index contributed by atoms with van der Waals surface area (Å²) in [5.41, 5.74) is 0.134. The topological polar surface area (TPSA) is 120 Å². The van der Waals surface area contributed by atoms with E-state index in [-0.39, 0.29) is 5.69 Å². The van der Waals surface area contributed by atoms with E-state index in [1.807, 2.05) is 6.07 Å². The highest BCUT2D eigenvalue weighted by Gasteiger charge is 2.44. The number of nitrogens with one attached hydrogen (secondary N) is 1. The second-order valence-corrected chi connectivity index (χ2v) is 6.79. The van der Waals surface area contributed by atoms with E-state index >= 15 is 0 Å². The summed E-state index contributed by atoms with van der Waals surface area (Å²) in [5.74, 6) is -1.02. The Labute approximate surface area is 143 Å². The molecule has 0 spiro atoms. The lowest BCUT2D eigenvalue weighted by Crippen LogP contribution is -2.44. The number of allylic oxidation sites excluding steroid dienone is 1. The largest absolute Gasteiger partial charge is 0.319 e. The number of benzene rings is 1. The van der Waals surface area contributed by atoms with Crippen LogP contribution in [-0.2, 0) is 10.5 Å². The monoisotopic (exact) mass is 342 g/mol. The Kier molecular flexibility index (Phi) is 4.91. The molecular weight excluding hydrogens is 328 g/mol. The predicted octanol–water partition coefficient (Wildman–Crippen LogP) is 2.86. The average Bonchev–Trinajstić information content (AvgIpc) is 2.52. The van der Waals surface area contributed by atoms with Gasteiger partial charge in [-0.25, -0.2) is 0 Å².